The molecule has 1 rings (SSSR count). The topological polar surface area (TPSA) is 67.3 Å². The number of halogens is 1. The molecule has 1 N–H and O–H groups in total. The van der Waals surface area contributed by atoms with Gasteiger partial charge < -0.3 is 15.0 Å². The predicted octanol–water partition coefficient (Wildman–Crippen LogP) is 0.438. The smallest absolute Gasteiger partial charge is 0.271 e. The van der Waals surface area contributed by atoms with Crippen LogP contribution in [0.3, 0.4) is 0 Å². The fraction of sp³-hybridized carbons (Fsp3) is 0.545. The van der Waals surface area contributed by atoms with Crippen LogP contribution in [0.25, 0.3) is 0 Å². The third-order valence-electron chi connectivity index (χ3n) is 2.29. The molecule has 0 fully saturated rings. The molecule has 0 saturated carbocycles. The number of aromatic nitrogens is 2. The SMILES string of the molecule is COCCN(C)CCNC(=O)c1cncc(Cl)n1. The van der Waals surface area contributed by atoms with Crippen LogP contribution in [-0.2, 0) is 4.74 Å². The summed E-state index contributed by atoms with van der Waals surface area (Å²) in [4.78, 5) is 21.4. The first-order valence-electron chi connectivity index (χ1n) is 5.56. The molecule has 18 heavy (non-hydrogen) atoms. The lowest BCUT2D eigenvalue weighted by Crippen LogP contribution is -2.34. The predicted molar refractivity (Wildman–Crippen MR) is 68.7 cm³/mol. The molecule has 1 aromatic rings. The second-order valence-corrected chi connectivity index (χ2v) is 4.17. The van der Waals surface area contributed by atoms with Crippen LogP contribution in [0.15, 0.2) is 12.4 Å². The monoisotopic (exact) mass is 272 g/mol. The highest BCUT2D eigenvalue weighted by atomic mass is 35.5. The van der Waals surface area contributed by atoms with Gasteiger partial charge in [0.2, 0.25) is 0 Å². The zero-order chi connectivity index (χ0) is 13.4. The Bertz CT molecular complexity index is 389. The quantitative estimate of drug-likeness (QED) is 0.780. The molecular weight excluding hydrogens is 256 g/mol. The Labute approximate surface area is 111 Å². The van der Waals surface area contributed by atoms with Crippen LogP contribution in [0.4, 0.5) is 0 Å². The molecule has 0 unspecified atom stereocenters. The maximum atomic E-state index is 11.7. The van der Waals surface area contributed by atoms with Crippen molar-refractivity contribution in [2.75, 3.05) is 40.4 Å². The van der Waals surface area contributed by atoms with Gasteiger partial charge in [-0.05, 0) is 7.05 Å². The standard InChI is InChI=1S/C11H17ClN4O2/c1-16(5-6-18-2)4-3-14-11(17)9-7-13-8-10(12)15-9/h7-8H,3-6H2,1-2H3,(H,14,17). The van der Waals surface area contributed by atoms with E-state index in [2.05, 4.69) is 20.2 Å². The van der Waals surface area contributed by atoms with Crippen molar-refractivity contribution in [3.63, 3.8) is 0 Å². The Morgan fingerprint density at radius 2 is 2.28 bits per heavy atom. The van der Waals surface area contributed by atoms with Crippen molar-refractivity contribution in [1.82, 2.24) is 20.2 Å². The van der Waals surface area contributed by atoms with E-state index < -0.39 is 0 Å². The van der Waals surface area contributed by atoms with Gasteiger partial charge >= 0.3 is 0 Å². The number of rotatable bonds is 7. The lowest BCUT2D eigenvalue weighted by Gasteiger charge is -2.15. The average molecular weight is 273 g/mol. The molecular formula is C11H17ClN4O2. The molecule has 1 heterocycles. The summed E-state index contributed by atoms with van der Waals surface area (Å²) in [6, 6.07) is 0. The lowest BCUT2D eigenvalue weighted by atomic mass is 10.4. The summed E-state index contributed by atoms with van der Waals surface area (Å²) >= 11 is 5.65. The fourth-order valence-corrected chi connectivity index (χ4v) is 1.41. The van der Waals surface area contributed by atoms with Crippen molar-refractivity contribution in [1.29, 1.82) is 0 Å². The molecule has 0 aliphatic heterocycles. The zero-order valence-corrected chi connectivity index (χ0v) is 11.3. The van der Waals surface area contributed by atoms with Crippen molar-refractivity contribution in [2.45, 2.75) is 0 Å². The van der Waals surface area contributed by atoms with Crippen LogP contribution < -0.4 is 5.32 Å². The van der Waals surface area contributed by atoms with Gasteiger partial charge in [0.15, 0.2) is 0 Å². The normalized spacial score (nSPS) is 10.7. The van der Waals surface area contributed by atoms with Gasteiger partial charge in [-0.1, -0.05) is 11.6 Å². The van der Waals surface area contributed by atoms with Gasteiger partial charge in [0.05, 0.1) is 19.0 Å². The summed E-state index contributed by atoms with van der Waals surface area (Å²) in [5, 5.41) is 2.96. The molecule has 7 heteroatoms. The van der Waals surface area contributed by atoms with Crippen molar-refractivity contribution in [2.24, 2.45) is 0 Å². The number of hydrogen-bond donors (Lipinski definition) is 1. The number of ether oxygens (including phenoxy) is 1. The van der Waals surface area contributed by atoms with Crippen molar-refractivity contribution in [3.8, 4) is 0 Å². The molecule has 100 valence electrons. The van der Waals surface area contributed by atoms with Gasteiger partial charge in [0, 0.05) is 26.7 Å². The van der Waals surface area contributed by atoms with Gasteiger partial charge in [0.25, 0.3) is 5.91 Å². The fourth-order valence-electron chi connectivity index (χ4n) is 1.26. The first kappa shape index (κ1) is 14.8. The molecule has 0 aliphatic carbocycles. The summed E-state index contributed by atoms with van der Waals surface area (Å²) in [6.45, 7) is 2.77. The van der Waals surface area contributed by atoms with E-state index in [0.717, 1.165) is 13.1 Å². The van der Waals surface area contributed by atoms with Crippen LogP contribution in [0.1, 0.15) is 10.5 Å². The number of amides is 1. The number of methoxy groups -OCH3 is 1. The van der Waals surface area contributed by atoms with Gasteiger partial charge in [0.1, 0.15) is 10.8 Å². The van der Waals surface area contributed by atoms with E-state index in [0.29, 0.717) is 13.2 Å². The Hall–Kier alpha value is -1.24. The minimum absolute atomic E-state index is 0.208. The second kappa shape index (κ2) is 7.97. The zero-order valence-electron chi connectivity index (χ0n) is 10.5. The van der Waals surface area contributed by atoms with Gasteiger partial charge in [-0.15, -0.1) is 0 Å². The van der Waals surface area contributed by atoms with Crippen molar-refractivity contribution in [3.05, 3.63) is 23.2 Å². The first-order chi connectivity index (χ1) is 8.63. The van der Waals surface area contributed by atoms with Gasteiger partial charge in [-0.2, -0.15) is 0 Å². The Kier molecular flexibility index (Phi) is 6.56. The van der Waals surface area contributed by atoms with E-state index in [-0.39, 0.29) is 16.8 Å². The van der Waals surface area contributed by atoms with Crippen LogP contribution in [0, 0.1) is 0 Å². The highest BCUT2D eigenvalue weighted by molar-refractivity contribution is 6.29. The van der Waals surface area contributed by atoms with Crippen LogP contribution in [0.5, 0.6) is 0 Å². The minimum Gasteiger partial charge on any atom is -0.383 e. The average Bonchev–Trinajstić information content (AvgIpc) is 2.36. The Morgan fingerprint density at radius 3 is 2.94 bits per heavy atom. The molecule has 1 aromatic heterocycles. The van der Waals surface area contributed by atoms with E-state index in [1.807, 2.05) is 7.05 Å². The first-order valence-corrected chi connectivity index (χ1v) is 5.94. The summed E-state index contributed by atoms with van der Waals surface area (Å²) in [5.41, 5.74) is 0.224. The molecule has 0 aliphatic rings. The third kappa shape index (κ3) is 5.39. The van der Waals surface area contributed by atoms with E-state index in [9.17, 15) is 4.79 Å². The van der Waals surface area contributed by atoms with Crippen molar-refractivity contribution >= 4 is 17.5 Å². The summed E-state index contributed by atoms with van der Waals surface area (Å²) in [6.07, 6.45) is 2.77. The summed E-state index contributed by atoms with van der Waals surface area (Å²) < 4.78 is 4.96. The van der Waals surface area contributed by atoms with Crippen LogP contribution in [-0.4, -0.2) is 61.2 Å². The van der Waals surface area contributed by atoms with E-state index in [4.69, 9.17) is 16.3 Å². The minimum atomic E-state index is -0.273. The number of carbonyl (C=O) groups excluding carboxylic acids is 1. The molecule has 6 nitrogen and oxygen atoms in total. The Morgan fingerprint density at radius 1 is 1.50 bits per heavy atom. The number of nitrogens with zero attached hydrogens (tertiary/aromatic N) is 3. The number of carbonyl (C=O) groups is 1. The maximum absolute atomic E-state index is 11.7. The summed E-state index contributed by atoms with van der Waals surface area (Å²) in [5.74, 6) is -0.273. The maximum Gasteiger partial charge on any atom is 0.271 e. The van der Waals surface area contributed by atoms with Crippen molar-refractivity contribution < 1.29 is 9.53 Å². The number of hydrogen-bond acceptors (Lipinski definition) is 5. The largest absolute Gasteiger partial charge is 0.383 e. The molecule has 0 aromatic carbocycles. The summed E-state index contributed by atoms with van der Waals surface area (Å²) in [7, 11) is 3.62. The Balaban J connectivity index is 2.29. The molecule has 1 amide bonds. The van der Waals surface area contributed by atoms with Crippen LogP contribution in [0.2, 0.25) is 5.15 Å². The molecule has 0 spiro atoms. The van der Waals surface area contributed by atoms with Gasteiger partial charge in [-0.3, -0.25) is 9.78 Å². The highest BCUT2D eigenvalue weighted by Crippen LogP contribution is 2.01. The van der Waals surface area contributed by atoms with Gasteiger partial charge in [-0.25, -0.2) is 4.98 Å². The molecule has 0 atom stereocenters. The molecule has 0 bridgehead atoms. The van der Waals surface area contributed by atoms with E-state index >= 15 is 0 Å². The second-order valence-electron chi connectivity index (χ2n) is 3.78. The van der Waals surface area contributed by atoms with E-state index in [1.54, 1.807) is 7.11 Å². The molecule has 0 radical (unpaired) electrons. The third-order valence-corrected chi connectivity index (χ3v) is 2.48. The van der Waals surface area contributed by atoms with E-state index in [1.165, 1.54) is 12.4 Å². The highest BCUT2D eigenvalue weighted by Gasteiger charge is 2.07. The lowest BCUT2D eigenvalue weighted by molar-refractivity contribution is 0.0942. The number of likely N-dealkylation sites (N-methyl/N-ethyl adjacent to an activating group) is 1. The molecule has 0 saturated heterocycles. The van der Waals surface area contributed by atoms with Crippen LogP contribution >= 0.6 is 11.6 Å². The number of nitrogens with one attached hydrogen (secondary N) is 1.